The van der Waals surface area contributed by atoms with Crippen molar-refractivity contribution in [3.8, 4) is 22.8 Å². The molecule has 0 amide bonds. The number of aryl methyl sites for hydroxylation is 1. The zero-order chi connectivity index (χ0) is 30.2. The van der Waals surface area contributed by atoms with Gasteiger partial charge in [-0.1, -0.05) is 79.7 Å². The topological polar surface area (TPSA) is 115 Å². The molecule has 1 aliphatic heterocycles. The van der Waals surface area contributed by atoms with Gasteiger partial charge in [-0.2, -0.15) is 0 Å². The highest BCUT2D eigenvalue weighted by molar-refractivity contribution is 9.10. The van der Waals surface area contributed by atoms with Gasteiger partial charge in [0.2, 0.25) is 11.8 Å². The zero-order valence-electron chi connectivity index (χ0n) is 24.4. The molecule has 7 rings (SSSR count). The molecule has 5 aromatic rings. The van der Waals surface area contributed by atoms with Gasteiger partial charge in [0.1, 0.15) is 11.2 Å². The molecule has 0 unspecified atom stereocenters. The van der Waals surface area contributed by atoms with Crippen molar-refractivity contribution in [3.63, 3.8) is 0 Å². The average molecular weight is 679 g/mol. The van der Waals surface area contributed by atoms with E-state index in [0.29, 0.717) is 52.1 Å². The molecule has 0 bridgehead atoms. The van der Waals surface area contributed by atoms with Gasteiger partial charge in [0.05, 0.1) is 40.0 Å². The lowest BCUT2D eigenvalue weighted by atomic mass is 9.81. The third-order valence-corrected chi connectivity index (χ3v) is 9.88. The van der Waals surface area contributed by atoms with Gasteiger partial charge in [0.25, 0.3) is 0 Å². The fourth-order valence-corrected chi connectivity index (χ4v) is 7.27. The van der Waals surface area contributed by atoms with E-state index < -0.39 is 5.76 Å². The number of aromatic amines is 1. The summed E-state index contributed by atoms with van der Waals surface area (Å²) >= 11 is 10.2. The van der Waals surface area contributed by atoms with Gasteiger partial charge in [-0.25, -0.2) is 14.8 Å². The first kappa shape index (κ1) is 29.2. The molecule has 10 nitrogen and oxygen atoms in total. The van der Waals surface area contributed by atoms with E-state index in [0.717, 1.165) is 35.9 Å². The monoisotopic (exact) mass is 677 g/mol. The second-order valence-electron chi connectivity index (χ2n) is 11.8. The van der Waals surface area contributed by atoms with Crippen molar-refractivity contribution in [2.24, 2.45) is 11.8 Å². The number of hydrogen-bond donors (Lipinski definition) is 1. The number of nitrogens with one attached hydrogen (secondary N) is 1. The standard InChI is InChI=1S/C32H33BrClN7O3/c1-19-7-9-20(10-8-19)11-12-41-29-26(22-15-23(34)17-35-16-22)36-28(30-38-32(42)44-39-30)25(33)27(29)37-31(41)40-13-14-43-18-24(40)21-5-3-2-4-6-21/h2-6,15-17,19-20,24H,7-14,18H2,1H3,(H,38,39,42)/t19?,20?,24-/m0/s1. The average Bonchev–Trinajstić information content (AvgIpc) is 3.65. The fourth-order valence-electron chi connectivity index (χ4n) is 6.55. The van der Waals surface area contributed by atoms with Gasteiger partial charge in [-0.15, -0.1) is 0 Å². The number of hydrogen-bond acceptors (Lipinski definition) is 8. The molecule has 2 aliphatic rings. The number of anilines is 1. The number of fused-ring (bicyclic) bond motifs is 1. The molecule has 1 atom stereocenters. The summed E-state index contributed by atoms with van der Waals surface area (Å²) in [6.07, 6.45) is 9.41. The maximum atomic E-state index is 11.9. The van der Waals surface area contributed by atoms with Crippen LogP contribution in [0.3, 0.4) is 0 Å². The van der Waals surface area contributed by atoms with E-state index in [1.165, 1.54) is 31.2 Å². The minimum atomic E-state index is -0.660. The van der Waals surface area contributed by atoms with Crippen LogP contribution in [0.2, 0.25) is 5.02 Å². The highest BCUT2D eigenvalue weighted by Gasteiger charge is 2.32. The van der Waals surface area contributed by atoms with E-state index in [9.17, 15) is 4.79 Å². The number of morpholine rings is 1. The van der Waals surface area contributed by atoms with Crippen molar-refractivity contribution >= 4 is 44.5 Å². The summed E-state index contributed by atoms with van der Waals surface area (Å²) in [6.45, 7) is 4.98. The number of aromatic nitrogens is 6. The van der Waals surface area contributed by atoms with E-state index in [4.69, 9.17) is 30.8 Å². The third kappa shape index (κ3) is 5.68. The number of rotatable bonds is 7. The van der Waals surface area contributed by atoms with E-state index in [1.54, 1.807) is 12.4 Å². The number of nitrogens with zero attached hydrogens (tertiary/aromatic N) is 6. The van der Waals surface area contributed by atoms with Crippen LogP contribution in [0.5, 0.6) is 0 Å². The van der Waals surface area contributed by atoms with Crippen molar-refractivity contribution < 1.29 is 9.26 Å². The summed E-state index contributed by atoms with van der Waals surface area (Å²) < 4.78 is 13.8. The largest absolute Gasteiger partial charge is 0.439 e. The van der Waals surface area contributed by atoms with Crippen molar-refractivity contribution in [3.05, 3.63) is 74.4 Å². The van der Waals surface area contributed by atoms with Crippen LogP contribution in [-0.2, 0) is 11.3 Å². The predicted molar refractivity (Wildman–Crippen MR) is 173 cm³/mol. The number of benzene rings is 1. The number of halogens is 2. The molecule has 0 radical (unpaired) electrons. The molecule has 1 N–H and O–H groups in total. The molecular formula is C32H33BrClN7O3. The summed E-state index contributed by atoms with van der Waals surface area (Å²) in [7, 11) is 0. The van der Waals surface area contributed by atoms with Crippen LogP contribution < -0.4 is 10.7 Å². The molecule has 44 heavy (non-hydrogen) atoms. The van der Waals surface area contributed by atoms with Crippen molar-refractivity contribution in [2.45, 2.75) is 51.6 Å². The molecule has 2 fully saturated rings. The Morgan fingerprint density at radius 2 is 1.91 bits per heavy atom. The Kier molecular flexibility index (Phi) is 8.26. The van der Waals surface area contributed by atoms with Crippen LogP contribution in [0, 0.1) is 11.8 Å². The Balaban J connectivity index is 1.44. The number of ether oxygens (including phenoxy) is 1. The fraction of sp³-hybridized carbons (Fsp3) is 0.406. The van der Waals surface area contributed by atoms with Gasteiger partial charge in [-0.3, -0.25) is 14.5 Å². The Morgan fingerprint density at radius 3 is 2.66 bits per heavy atom. The van der Waals surface area contributed by atoms with Crippen LogP contribution >= 0.6 is 27.5 Å². The number of H-pyrrole nitrogens is 1. The Morgan fingerprint density at radius 1 is 1.09 bits per heavy atom. The Bertz CT molecular complexity index is 1830. The zero-order valence-corrected chi connectivity index (χ0v) is 26.7. The highest BCUT2D eigenvalue weighted by Crippen LogP contribution is 2.42. The molecular weight excluding hydrogens is 646 g/mol. The third-order valence-electron chi connectivity index (χ3n) is 8.92. The molecule has 1 saturated heterocycles. The first-order valence-electron chi connectivity index (χ1n) is 15.1. The molecule has 1 aromatic carbocycles. The maximum absolute atomic E-state index is 11.9. The van der Waals surface area contributed by atoms with E-state index >= 15 is 0 Å². The highest BCUT2D eigenvalue weighted by atomic mass is 79.9. The SMILES string of the molecule is CC1CCC(CCn2c(N3CCOC[C@H]3c3ccccc3)nc3c(Br)c(-c4noc(=O)[nH]4)nc(-c4cncc(Cl)c4)c32)CC1. The van der Waals surface area contributed by atoms with E-state index in [1.807, 2.05) is 12.1 Å². The van der Waals surface area contributed by atoms with Crippen molar-refractivity contribution in [2.75, 3.05) is 24.7 Å². The van der Waals surface area contributed by atoms with Gasteiger partial charge < -0.3 is 14.2 Å². The molecule has 1 saturated carbocycles. The first-order chi connectivity index (χ1) is 21.5. The van der Waals surface area contributed by atoms with Gasteiger partial charge in [-0.05, 0) is 45.8 Å². The lowest BCUT2D eigenvalue weighted by Gasteiger charge is -2.37. The van der Waals surface area contributed by atoms with Gasteiger partial charge >= 0.3 is 5.76 Å². The van der Waals surface area contributed by atoms with Gasteiger partial charge in [0, 0.05) is 31.0 Å². The minimum Gasteiger partial charge on any atom is -0.377 e. The van der Waals surface area contributed by atoms with Crippen LogP contribution in [0.15, 0.2) is 62.6 Å². The Hall–Kier alpha value is -3.54. The summed E-state index contributed by atoms with van der Waals surface area (Å²) in [5.74, 6) is 1.84. The maximum Gasteiger partial charge on any atom is 0.439 e. The van der Waals surface area contributed by atoms with E-state index in [2.05, 4.69) is 71.7 Å². The predicted octanol–water partition coefficient (Wildman–Crippen LogP) is 7.05. The second-order valence-corrected chi connectivity index (χ2v) is 13.1. The quantitative estimate of drug-likeness (QED) is 0.195. The van der Waals surface area contributed by atoms with Crippen molar-refractivity contribution in [1.82, 2.24) is 29.7 Å². The molecule has 12 heteroatoms. The molecule has 1 aliphatic carbocycles. The van der Waals surface area contributed by atoms with Crippen molar-refractivity contribution in [1.29, 1.82) is 0 Å². The van der Waals surface area contributed by atoms with Crippen LogP contribution in [0.25, 0.3) is 33.8 Å². The second kappa shape index (κ2) is 12.5. The lowest BCUT2D eigenvalue weighted by molar-refractivity contribution is 0.0928. The van der Waals surface area contributed by atoms with Crippen LogP contribution in [0.4, 0.5) is 5.95 Å². The molecule has 4 aromatic heterocycles. The van der Waals surface area contributed by atoms with Gasteiger partial charge in [0.15, 0.2) is 0 Å². The summed E-state index contributed by atoms with van der Waals surface area (Å²) in [5.41, 5.74) is 4.55. The van der Waals surface area contributed by atoms with Crippen LogP contribution in [0.1, 0.15) is 50.6 Å². The summed E-state index contributed by atoms with van der Waals surface area (Å²) in [6, 6.07) is 12.3. The number of imidazole rings is 1. The molecule has 228 valence electrons. The summed E-state index contributed by atoms with van der Waals surface area (Å²) in [4.78, 5) is 31.7. The van der Waals surface area contributed by atoms with E-state index in [-0.39, 0.29) is 11.9 Å². The van der Waals surface area contributed by atoms with Crippen LogP contribution in [-0.4, -0.2) is 49.4 Å². The molecule has 5 heterocycles. The Labute approximate surface area is 267 Å². The lowest BCUT2D eigenvalue weighted by Crippen LogP contribution is -2.41. The normalized spacial score (nSPS) is 20.8. The summed E-state index contributed by atoms with van der Waals surface area (Å²) in [5, 5.41) is 4.44. The first-order valence-corrected chi connectivity index (χ1v) is 16.3. The molecule has 0 spiro atoms. The minimum absolute atomic E-state index is 0.00886. The number of pyridine rings is 2. The smallest absolute Gasteiger partial charge is 0.377 e.